The van der Waals surface area contributed by atoms with Crippen LogP contribution in [0.4, 0.5) is 0 Å². The second-order valence-corrected chi connectivity index (χ2v) is 9.58. The number of pyridine rings is 2. The first-order valence-electron chi connectivity index (χ1n) is 13.3. The molecule has 0 fully saturated rings. The minimum absolute atomic E-state index is 0.0343. The van der Waals surface area contributed by atoms with E-state index in [0.717, 1.165) is 39.0 Å². The van der Waals surface area contributed by atoms with Crippen LogP contribution in [0.2, 0.25) is 0 Å². The fourth-order valence-electron chi connectivity index (χ4n) is 6.49. The molecule has 2 aliphatic heterocycles. The van der Waals surface area contributed by atoms with Crippen LogP contribution in [0.5, 0.6) is 0 Å². The molecule has 35 heavy (non-hydrogen) atoms. The molecule has 2 aromatic carbocycles. The van der Waals surface area contributed by atoms with E-state index in [1.807, 2.05) is 6.07 Å². The molecule has 0 aliphatic carbocycles. The van der Waals surface area contributed by atoms with Crippen molar-refractivity contribution in [1.82, 2.24) is 9.55 Å². The maximum Gasteiger partial charge on any atom is 0.364 e. The van der Waals surface area contributed by atoms with E-state index >= 15 is 0 Å². The Morgan fingerprint density at radius 3 is 2.66 bits per heavy atom. The van der Waals surface area contributed by atoms with Crippen molar-refractivity contribution in [3.63, 3.8) is 0 Å². The molecule has 0 bridgehead atoms. The van der Waals surface area contributed by atoms with E-state index in [0.29, 0.717) is 5.71 Å². The first kappa shape index (κ1) is 16.4. The maximum absolute atomic E-state index is 7.82. The molecule has 1 unspecified atom stereocenters. The highest BCUT2D eigenvalue weighted by atomic mass is 16.3. The minimum Gasteiger partial charge on any atom is -0.437 e. The lowest BCUT2D eigenvalue weighted by molar-refractivity contribution is -0.735. The number of hydrogen-bond donors (Lipinski definition) is 0. The van der Waals surface area contributed by atoms with Crippen LogP contribution in [-0.4, -0.2) is 9.55 Å². The van der Waals surface area contributed by atoms with Crippen LogP contribution >= 0.6 is 0 Å². The molecular weight excluding hydrogens is 432 g/mol. The monoisotopic (exact) mass is 459 g/mol. The van der Waals surface area contributed by atoms with E-state index in [2.05, 4.69) is 100 Å². The van der Waals surface area contributed by atoms with Crippen LogP contribution in [0.25, 0.3) is 44.7 Å². The summed E-state index contributed by atoms with van der Waals surface area (Å²) in [7, 11) is 2.10. The van der Waals surface area contributed by atoms with E-state index in [1.165, 1.54) is 22.5 Å². The zero-order valence-electron chi connectivity index (χ0n) is 22.6. The van der Waals surface area contributed by atoms with E-state index < -0.39 is 12.5 Å². The van der Waals surface area contributed by atoms with Crippen molar-refractivity contribution in [2.45, 2.75) is 26.4 Å². The van der Waals surface area contributed by atoms with Crippen LogP contribution < -0.4 is 9.13 Å². The molecular formula is C30H24N4O+2. The molecule has 5 heteroatoms. The van der Waals surface area contributed by atoms with Gasteiger partial charge < -0.3 is 4.42 Å². The Labute approximate surface area is 206 Å². The van der Waals surface area contributed by atoms with Gasteiger partial charge in [0, 0.05) is 46.6 Å². The van der Waals surface area contributed by atoms with Crippen LogP contribution in [0, 0.1) is 20.7 Å². The summed E-state index contributed by atoms with van der Waals surface area (Å²) < 4.78 is 37.0. The lowest BCUT2D eigenvalue weighted by Crippen LogP contribution is -2.59. The van der Waals surface area contributed by atoms with Crippen molar-refractivity contribution in [3.8, 4) is 22.6 Å². The van der Waals surface area contributed by atoms with Crippen LogP contribution in [0.1, 0.15) is 32.3 Å². The predicted molar refractivity (Wildman–Crippen MR) is 134 cm³/mol. The fourth-order valence-corrected chi connectivity index (χ4v) is 6.49. The van der Waals surface area contributed by atoms with E-state index in [4.69, 9.17) is 8.53 Å². The number of aryl methyl sites for hydroxylation is 1. The zero-order valence-corrected chi connectivity index (χ0v) is 19.6. The molecule has 0 saturated carbocycles. The van der Waals surface area contributed by atoms with Crippen LogP contribution in [0.3, 0.4) is 0 Å². The van der Waals surface area contributed by atoms with Crippen LogP contribution in [-0.2, 0) is 12.7 Å². The van der Waals surface area contributed by atoms with Gasteiger partial charge >= 0.3 is 5.66 Å². The number of furan rings is 1. The van der Waals surface area contributed by atoms with Gasteiger partial charge in [-0.3, -0.25) is 0 Å². The third-order valence-electron chi connectivity index (χ3n) is 8.11. The van der Waals surface area contributed by atoms with Gasteiger partial charge in [-0.25, -0.2) is 9.55 Å². The molecule has 6 heterocycles. The second kappa shape index (κ2) is 6.05. The SMILES string of the molecule is [2H]C([2H])([2H])c1ccc2c(n1)oc1c3c(ccc12)C1(c2ccccc2-c2cccc[n+]21)n1c(C)c(C)[n+](C)c1-3. The van der Waals surface area contributed by atoms with Gasteiger partial charge in [-0.05, 0) is 49.3 Å². The average molecular weight is 460 g/mol. The minimum atomic E-state index is -2.30. The van der Waals surface area contributed by atoms with Gasteiger partial charge in [-0.2, -0.15) is 4.57 Å². The van der Waals surface area contributed by atoms with Crippen molar-refractivity contribution in [3.05, 3.63) is 101 Å². The summed E-state index contributed by atoms with van der Waals surface area (Å²) in [6, 6.07) is 22.7. The largest absolute Gasteiger partial charge is 0.437 e. The summed E-state index contributed by atoms with van der Waals surface area (Å²) in [5, 5.41) is 1.74. The summed E-state index contributed by atoms with van der Waals surface area (Å²) in [6.45, 7) is 2.02. The van der Waals surface area contributed by atoms with Gasteiger partial charge in [0.25, 0.3) is 5.82 Å². The summed E-state index contributed by atoms with van der Waals surface area (Å²) in [5.41, 5.74) is 8.52. The van der Waals surface area contributed by atoms with Gasteiger partial charge in [-0.15, -0.1) is 4.57 Å². The number of benzene rings is 2. The van der Waals surface area contributed by atoms with Crippen LogP contribution in [0.15, 0.2) is 77.3 Å². The second-order valence-electron chi connectivity index (χ2n) is 9.58. The molecule has 5 nitrogen and oxygen atoms in total. The highest BCUT2D eigenvalue weighted by molar-refractivity contribution is 6.09. The standard InChI is InChI=1S/C30H24N4O/c1-17-12-13-21-20-14-15-24-26(27(20)35-28(21)31-17)29-32(4)18(2)19(3)34(29)30(24)23-10-6-5-9-22(23)25-11-7-8-16-33(25)30/h5-16H,1-4H3/q+2/i1D3. The van der Waals surface area contributed by atoms with Crippen molar-refractivity contribution in [2.24, 2.45) is 7.05 Å². The van der Waals surface area contributed by atoms with Gasteiger partial charge in [0.1, 0.15) is 11.3 Å². The lowest BCUT2D eigenvalue weighted by atomic mass is 9.89. The molecule has 168 valence electrons. The predicted octanol–water partition coefficient (Wildman–Crippen LogP) is 5.08. The summed E-state index contributed by atoms with van der Waals surface area (Å²) in [4.78, 5) is 4.42. The molecule has 0 radical (unpaired) electrons. The van der Waals surface area contributed by atoms with Crippen molar-refractivity contribution < 1.29 is 17.7 Å². The van der Waals surface area contributed by atoms with E-state index in [1.54, 1.807) is 6.07 Å². The number of aromatic nitrogens is 4. The van der Waals surface area contributed by atoms with Gasteiger partial charge in [0.2, 0.25) is 11.4 Å². The quantitative estimate of drug-likeness (QED) is 0.297. The summed E-state index contributed by atoms with van der Waals surface area (Å²) >= 11 is 0. The highest BCUT2D eigenvalue weighted by Crippen LogP contribution is 2.54. The summed E-state index contributed by atoms with van der Waals surface area (Å²) in [6.07, 6.45) is 2.16. The van der Waals surface area contributed by atoms with Gasteiger partial charge in [0.15, 0.2) is 17.5 Å². The number of imidazole rings is 1. The number of hydrogen-bond acceptors (Lipinski definition) is 2. The zero-order chi connectivity index (χ0) is 26.1. The Morgan fingerprint density at radius 2 is 1.77 bits per heavy atom. The Morgan fingerprint density at radius 1 is 0.943 bits per heavy atom. The Balaban J connectivity index is 1.58. The molecule has 4 aromatic heterocycles. The van der Waals surface area contributed by atoms with E-state index in [9.17, 15) is 0 Å². The van der Waals surface area contributed by atoms with Gasteiger partial charge in [-0.1, -0.05) is 12.1 Å². The van der Waals surface area contributed by atoms with Crippen molar-refractivity contribution in [2.75, 3.05) is 0 Å². The fraction of sp³-hybridized carbons (Fsp3) is 0.167. The Bertz CT molecular complexity index is 1970. The normalized spacial score (nSPS) is 18.9. The maximum atomic E-state index is 7.82. The first-order valence-corrected chi connectivity index (χ1v) is 11.8. The molecule has 1 atom stereocenters. The Hall–Kier alpha value is -4.25. The summed E-state index contributed by atoms with van der Waals surface area (Å²) in [5.74, 6) is 1.05. The van der Waals surface area contributed by atoms with Gasteiger partial charge in [0.05, 0.1) is 23.7 Å². The molecule has 8 rings (SSSR count). The topological polar surface area (TPSA) is 38.7 Å². The lowest BCUT2D eigenvalue weighted by Gasteiger charge is -2.20. The average Bonchev–Trinajstić information content (AvgIpc) is 3.59. The van der Waals surface area contributed by atoms with Crippen molar-refractivity contribution >= 4 is 22.1 Å². The third kappa shape index (κ3) is 1.97. The highest BCUT2D eigenvalue weighted by Gasteiger charge is 2.66. The molecule has 6 aromatic rings. The Kier molecular flexibility index (Phi) is 2.83. The van der Waals surface area contributed by atoms with E-state index in [-0.39, 0.29) is 5.69 Å². The first-order chi connectivity index (χ1) is 18.2. The molecule has 0 saturated heterocycles. The molecule has 2 aliphatic rings. The molecule has 0 N–H and O–H groups in total. The molecule has 0 amide bonds. The third-order valence-corrected chi connectivity index (χ3v) is 8.11. The van der Waals surface area contributed by atoms with Crippen molar-refractivity contribution in [1.29, 1.82) is 0 Å². The molecule has 1 spiro atoms. The number of nitrogens with zero attached hydrogens (tertiary/aromatic N) is 4. The number of fused-ring (bicyclic) bond motifs is 14. The number of rotatable bonds is 0. The smallest absolute Gasteiger partial charge is 0.364 e.